The number of halogens is 3. The number of thiazole rings is 1. The van der Waals surface area contributed by atoms with Crippen molar-refractivity contribution in [3.63, 3.8) is 0 Å². The molecule has 26 heavy (non-hydrogen) atoms. The Balaban J connectivity index is 1.59. The SMILES string of the molecule is O=C(Cc1cccc2ccccc12)Nc1ncn2c(C(F)(F)F)csc12. The number of aromatic nitrogens is 2. The number of imidazole rings is 1. The molecular formula is C18H12F3N3OS. The van der Waals surface area contributed by atoms with Gasteiger partial charge in [0.25, 0.3) is 0 Å². The smallest absolute Gasteiger partial charge is 0.308 e. The molecule has 2 heterocycles. The first-order chi connectivity index (χ1) is 12.4. The number of benzene rings is 2. The molecule has 0 saturated carbocycles. The number of carbonyl (C=O) groups excluding carboxylic acids is 1. The molecule has 4 aromatic rings. The van der Waals surface area contributed by atoms with E-state index >= 15 is 0 Å². The van der Waals surface area contributed by atoms with Crippen LogP contribution in [0.1, 0.15) is 11.3 Å². The fraction of sp³-hybridized carbons (Fsp3) is 0.111. The second-order valence-electron chi connectivity index (χ2n) is 5.75. The van der Waals surface area contributed by atoms with Gasteiger partial charge in [-0.2, -0.15) is 13.2 Å². The summed E-state index contributed by atoms with van der Waals surface area (Å²) in [5.74, 6) is -0.195. The van der Waals surface area contributed by atoms with Crippen LogP contribution in [0.25, 0.3) is 15.6 Å². The molecule has 2 aromatic carbocycles. The maximum absolute atomic E-state index is 12.9. The van der Waals surface area contributed by atoms with Crippen LogP contribution in [0.15, 0.2) is 54.2 Å². The first kappa shape index (κ1) is 16.6. The molecule has 4 nitrogen and oxygen atoms in total. The minimum Gasteiger partial charge on any atom is -0.308 e. The van der Waals surface area contributed by atoms with Gasteiger partial charge in [0, 0.05) is 5.38 Å². The largest absolute Gasteiger partial charge is 0.432 e. The first-order valence-electron chi connectivity index (χ1n) is 7.72. The number of nitrogens with one attached hydrogen (secondary N) is 1. The van der Waals surface area contributed by atoms with E-state index in [1.807, 2.05) is 42.5 Å². The summed E-state index contributed by atoms with van der Waals surface area (Å²) >= 11 is 0.891. The maximum atomic E-state index is 12.9. The van der Waals surface area contributed by atoms with E-state index in [0.717, 1.165) is 43.8 Å². The number of anilines is 1. The highest BCUT2D eigenvalue weighted by molar-refractivity contribution is 7.16. The van der Waals surface area contributed by atoms with Gasteiger partial charge in [0.1, 0.15) is 16.9 Å². The summed E-state index contributed by atoms with van der Waals surface area (Å²) in [5, 5.41) is 5.62. The van der Waals surface area contributed by atoms with Crippen LogP contribution >= 0.6 is 11.3 Å². The molecule has 132 valence electrons. The molecule has 0 spiro atoms. The molecule has 2 aromatic heterocycles. The monoisotopic (exact) mass is 375 g/mol. The van der Waals surface area contributed by atoms with Crippen molar-refractivity contribution in [1.29, 1.82) is 0 Å². The lowest BCUT2D eigenvalue weighted by atomic mass is 10.0. The van der Waals surface area contributed by atoms with E-state index in [4.69, 9.17) is 0 Å². The van der Waals surface area contributed by atoms with Gasteiger partial charge in [0.15, 0.2) is 5.82 Å². The standard InChI is InChI=1S/C18H12F3N3OS/c19-18(20,21)14-9-26-17-16(22-10-24(14)17)23-15(25)8-12-6-3-5-11-4-1-2-7-13(11)12/h1-7,9-10H,8H2,(H,23,25). The fourth-order valence-corrected chi connectivity index (χ4v) is 3.82. The quantitative estimate of drug-likeness (QED) is 0.562. The van der Waals surface area contributed by atoms with E-state index in [2.05, 4.69) is 10.3 Å². The summed E-state index contributed by atoms with van der Waals surface area (Å²) in [6.45, 7) is 0. The molecule has 0 unspecified atom stereocenters. The average molecular weight is 375 g/mol. The lowest BCUT2D eigenvalue weighted by Gasteiger charge is -2.06. The minimum atomic E-state index is -4.47. The van der Waals surface area contributed by atoms with E-state index in [1.165, 1.54) is 0 Å². The van der Waals surface area contributed by atoms with Gasteiger partial charge < -0.3 is 5.32 Å². The Kier molecular flexibility index (Phi) is 3.91. The van der Waals surface area contributed by atoms with Crippen molar-refractivity contribution in [1.82, 2.24) is 9.38 Å². The van der Waals surface area contributed by atoms with E-state index < -0.39 is 11.9 Å². The van der Waals surface area contributed by atoms with Crippen LogP contribution in [0.5, 0.6) is 0 Å². The Morgan fingerprint density at radius 2 is 1.92 bits per heavy atom. The molecule has 0 fully saturated rings. The molecule has 0 aliphatic heterocycles. The Morgan fingerprint density at radius 3 is 2.73 bits per heavy atom. The van der Waals surface area contributed by atoms with Crippen LogP contribution in [-0.2, 0) is 17.4 Å². The fourth-order valence-electron chi connectivity index (χ4n) is 2.87. The summed E-state index contributed by atoms with van der Waals surface area (Å²) in [5.41, 5.74) is 0.0396. The molecular weight excluding hydrogens is 363 g/mol. The van der Waals surface area contributed by atoms with Crippen LogP contribution in [0, 0.1) is 0 Å². The predicted octanol–water partition coefficient (Wildman–Crippen LogP) is 4.75. The van der Waals surface area contributed by atoms with E-state index in [0.29, 0.717) is 0 Å². The van der Waals surface area contributed by atoms with Crippen molar-refractivity contribution < 1.29 is 18.0 Å². The van der Waals surface area contributed by atoms with Gasteiger partial charge in [-0.3, -0.25) is 9.20 Å². The molecule has 1 N–H and O–H groups in total. The number of alkyl halides is 3. The molecule has 4 rings (SSSR count). The highest BCUT2D eigenvalue weighted by Gasteiger charge is 2.35. The van der Waals surface area contributed by atoms with Crippen molar-refractivity contribution in [3.8, 4) is 0 Å². The highest BCUT2D eigenvalue weighted by atomic mass is 32.1. The van der Waals surface area contributed by atoms with Crippen molar-refractivity contribution in [3.05, 3.63) is 65.4 Å². The zero-order valence-corrected chi connectivity index (χ0v) is 14.1. The van der Waals surface area contributed by atoms with Crippen LogP contribution < -0.4 is 5.32 Å². The van der Waals surface area contributed by atoms with Crippen LogP contribution in [0.4, 0.5) is 19.0 Å². The zero-order chi connectivity index (χ0) is 18.3. The Morgan fingerprint density at radius 1 is 1.15 bits per heavy atom. The highest BCUT2D eigenvalue weighted by Crippen LogP contribution is 2.35. The Bertz CT molecular complexity index is 1110. The summed E-state index contributed by atoms with van der Waals surface area (Å²) in [7, 11) is 0. The topological polar surface area (TPSA) is 46.4 Å². The Hall–Kier alpha value is -2.87. The zero-order valence-electron chi connectivity index (χ0n) is 13.2. The van der Waals surface area contributed by atoms with Crippen molar-refractivity contribution in [2.24, 2.45) is 0 Å². The molecule has 0 saturated heterocycles. The lowest BCUT2D eigenvalue weighted by molar-refractivity contribution is -0.141. The van der Waals surface area contributed by atoms with Crippen molar-refractivity contribution in [2.75, 3.05) is 5.32 Å². The number of amides is 1. The number of carbonyl (C=O) groups is 1. The lowest BCUT2D eigenvalue weighted by Crippen LogP contribution is -2.15. The Labute approximate surface area is 149 Å². The molecule has 0 aliphatic carbocycles. The number of hydrogen-bond acceptors (Lipinski definition) is 3. The van der Waals surface area contributed by atoms with Crippen molar-refractivity contribution >= 4 is 38.7 Å². The molecule has 0 bridgehead atoms. The van der Waals surface area contributed by atoms with Gasteiger partial charge in [-0.05, 0) is 16.3 Å². The maximum Gasteiger partial charge on any atom is 0.432 e. The average Bonchev–Trinajstić information content (AvgIpc) is 3.18. The van der Waals surface area contributed by atoms with E-state index in [-0.39, 0.29) is 23.0 Å². The van der Waals surface area contributed by atoms with Crippen LogP contribution in [0.3, 0.4) is 0 Å². The van der Waals surface area contributed by atoms with Gasteiger partial charge in [0.05, 0.1) is 6.42 Å². The first-order valence-corrected chi connectivity index (χ1v) is 8.59. The van der Waals surface area contributed by atoms with Gasteiger partial charge in [-0.25, -0.2) is 4.98 Å². The number of nitrogens with zero attached hydrogens (tertiary/aromatic N) is 2. The second kappa shape index (κ2) is 6.14. The molecule has 1 amide bonds. The summed E-state index contributed by atoms with van der Waals surface area (Å²) in [6.07, 6.45) is -3.29. The normalized spacial score (nSPS) is 12.0. The number of fused-ring (bicyclic) bond motifs is 2. The van der Waals surface area contributed by atoms with Crippen LogP contribution in [-0.4, -0.2) is 15.3 Å². The predicted molar refractivity (Wildman–Crippen MR) is 94.4 cm³/mol. The van der Waals surface area contributed by atoms with Gasteiger partial charge in [-0.1, -0.05) is 42.5 Å². The summed E-state index contributed by atoms with van der Waals surface area (Å²) in [4.78, 5) is 16.6. The molecule has 0 aliphatic rings. The molecule has 0 radical (unpaired) electrons. The van der Waals surface area contributed by atoms with E-state index in [9.17, 15) is 18.0 Å². The summed E-state index contributed by atoms with van der Waals surface area (Å²) < 4.78 is 39.7. The van der Waals surface area contributed by atoms with Crippen LogP contribution in [0.2, 0.25) is 0 Å². The number of rotatable bonds is 3. The van der Waals surface area contributed by atoms with E-state index in [1.54, 1.807) is 0 Å². The molecule has 0 atom stereocenters. The minimum absolute atomic E-state index is 0.109. The third-order valence-electron chi connectivity index (χ3n) is 4.04. The van der Waals surface area contributed by atoms with Crippen molar-refractivity contribution in [2.45, 2.75) is 12.6 Å². The molecule has 8 heteroatoms. The van der Waals surface area contributed by atoms with Gasteiger partial charge in [0.2, 0.25) is 5.91 Å². The second-order valence-corrected chi connectivity index (χ2v) is 6.61. The van der Waals surface area contributed by atoms with Gasteiger partial charge >= 0.3 is 6.18 Å². The van der Waals surface area contributed by atoms with Gasteiger partial charge in [-0.15, -0.1) is 11.3 Å². The number of hydrogen-bond donors (Lipinski definition) is 1. The third-order valence-corrected chi connectivity index (χ3v) is 5.00. The summed E-state index contributed by atoms with van der Waals surface area (Å²) in [6, 6.07) is 13.4. The third kappa shape index (κ3) is 2.92.